The minimum atomic E-state index is -0.450. The number of fused-ring (bicyclic) bond motifs is 14. The number of unbranched alkanes of at least 4 members (excludes halogenated alkanes) is 2. The lowest BCUT2D eigenvalue weighted by molar-refractivity contribution is 0.233. The molecule has 0 radical (unpaired) electrons. The van der Waals surface area contributed by atoms with Crippen molar-refractivity contribution in [3.8, 4) is 79.0 Å². The van der Waals surface area contributed by atoms with Crippen molar-refractivity contribution >= 4 is 34.1 Å². The lowest BCUT2D eigenvalue weighted by Gasteiger charge is -2.34. The quantitative estimate of drug-likeness (QED) is 0.0853. The summed E-state index contributed by atoms with van der Waals surface area (Å²) in [6.07, 6.45) is 9.48. The molecule has 2 atom stereocenters. The lowest BCUT2D eigenvalue weighted by atomic mass is 9.70. The van der Waals surface area contributed by atoms with Crippen LogP contribution in [-0.4, -0.2) is 13.2 Å². The Morgan fingerprint density at radius 1 is 0.376 bits per heavy atom. The maximum absolute atomic E-state index is 7.22. The van der Waals surface area contributed by atoms with Crippen molar-refractivity contribution in [1.82, 2.24) is 0 Å². The third-order valence-corrected chi connectivity index (χ3v) is 18.6. The van der Waals surface area contributed by atoms with Gasteiger partial charge in [0.15, 0.2) is 23.0 Å². The number of benzene rings is 10. The molecule has 0 saturated carbocycles. The normalized spacial score (nSPS) is 14.1. The molecule has 2 unspecified atom stereocenters. The maximum Gasteiger partial charge on any atom is 0.152 e. The first kappa shape index (κ1) is 54.0. The van der Waals surface area contributed by atoms with Crippen LogP contribution >= 0.6 is 0 Å². The Kier molecular flexibility index (Phi) is 14.3. The van der Waals surface area contributed by atoms with E-state index in [0.717, 1.165) is 122 Å². The highest BCUT2D eigenvalue weighted by Crippen LogP contribution is 2.64. The van der Waals surface area contributed by atoms with E-state index in [9.17, 15) is 0 Å². The fourth-order valence-corrected chi connectivity index (χ4v) is 13.9. The highest BCUT2D eigenvalue weighted by molar-refractivity contribution is 5.97. The van der Waals surface area contributed by atoms with Gasteiger partial charge in [-0.05, 0) is 214 Å². The van der Waals surface area contributed by atoms with Gasteiger partial charge in [-0.1, -0.05) is 175 Å². The number of hydrogen-bond acceptors (Lipinski definition) is 6. The molecule has 10 aromatic rings. The zero-order valence-corrected chi connectivity index (χ0v) is 49.9. The molecule has 10 aromatic carbocycles. The van der Waals surface area contributed by atoms with Crippen molar-refractivity contribution in [2.45, 2.75) is 98.3 Å². The van der Waals surface area contributed by atoms with Crippen molar-refractivity contribution in [2.24, 2.45) is 11.8 Å². The molecule has 1 spiro atoms. The van der Waals surface area contributed by atoms with Gasteiger partial charge in [0.25, 0.3) is 0 Å². The first-order valence-corrected chi connectivity index (χ1v) is 31.1. The summed E-state index contributed by atoms with van der Waals surface area (Å²) in [6.45, 7) is 14.8. The third kappa shape index (κ3) is 9.51. The van der Waals surface area contributed by atoms with Crippen LogP contribution in [0.25, 0.3) is 44.5 Å². The number of hydrogen-bond donors (Lipinski definition) is 0. The standard InChI is InChI=1S/C79H74N2O4/c1-7-11-17-53(9-3)49-82-61-33-29-59(30-34-61)80-71-39-24-52(6)44-75(71)84-76-47-57(27-41-72(76)80)58-28-42-74-78(48-58)85-77-46-56(26-40-73(77)81(74)60-31-35-62(36-32-60)83-50-54(10-4)18-12-8-2)55-25-38-66-65-37-23-51(5)43-69(65)79(70(66)45-55)67-21-15-13-19-63(67)64-20-14-16-22-68(64)79/h13-16,19-48,53-54H,7-12,17-18,49-50H2,1-6H3. The zero-order chi connectivity index (χ0) is 57.8. The van der Waals surface area contributed by atoms with Crippen LogP contribution in [0.5, 0.6) is 34.5 Å². The maximum atomic E-state index is 7.22. The van der Waals surface area contributed by atoms with Gasteiger partial charge in [0.05, 0.1) is 41.4 Å². The molecule has 2 aliphatic heterocycles. The number of ether oxygens (including phenoxy) is 4. The van der Waals surface area contributed by atoms with Crippen LogP contribution < -0.4 is 28.7 Å². The van der Waals surface area contributed by atoms with Gasteiger partial charge in [0.2, 0.25) is 0 Å². The lowest BCUT2D eigenvalue weighted by Crippen LogP contribution is -2.26. The molecule has 2 aliphatic carbocycles. The molecule has 0 N–H and O–H groups in total. The molecule has 0 aromatic heterocycles. The minimum absolute atomic E-state index is 0.450. The van der Waals surface area contributed by atoms with Gasteiger partial charge >= 0.3 is 0 Å². The van der Waals surface area contributed by atoms with E-state index in [4.69, 9.17) is 18.9 Å². The molecule has 14 rings (SSSR count). The van der Waals surface area contributed by atoms with Crippen molar-refractivity contribution in [2.75, 3.05) is 23.0 Å². The van der Waals surface area contributed by atoms with Gasteiger partial charge in [-0.25, -0.2) is 0 Å². The topological polar surface area (TPSA) is 43.4 Å². The fraction of sp³-hybridized carbons (Fsp3) is 0.241. The first-order valence-electron chi connectivity index (χ1n) is 31.1. The molecule has 2 heterocycles. The zero-order valence-electron chi connectivity index (χ0n) is 49.9. The van der Waals surface area contributed by atoms with Crippen LogP contribution in [-0.2, 0) is 5.41 Å². The average molecular weight is 1120 g/mol. The van der Waals surface area contributed by atoms with Crippen LogP contribution in [0.1, 0.15) is 112 Å². The van der Waals surface area contributed by atoms with Gasteiger partial charge < -0.3 is 28.7 Å². The Labute approximate surface area is 502 Å². The second-order valence-electron chi connectivity index (χ2n) is 24.0. The summed E-state index contributed by atoms with van der Waals surface area (Å²) in [5.74, 6) is 6.02. The van der Waals surface area contributed by atoms with Gasteiger partial charge in [-0.3, -0.25) is 0 Å². The number of aryl methyl sites for hydroxylation is 2. The molecule has 0 amide bonds. The molecule has 0 saturated heterocycles. The Hall–Kier alpha value is -9.00. The van der Waals surface area contributed by atoms with Crippen LogP contribution in [0.3, 0.4) is 0 Å². The van der Waals surface area contributed by atoms with E-state index < -0.39 is 5.41 Å². The Bertz CT molecular complexity index is 4100. The van der Waals surface area contributed by atoms with E-state index in [2.05, 4.69) is 258 Å². The van der Waals surface area contributed by atoms with Crippen molar-refractivity contribution in [3.63, 3.8) is 0 Å². The van der Waals surface area contributed by atoms with Crippen LogP contribution in [0.15, 0.2) is 206 Å². The highest BCUT2D eigenvalue weighted by Gasteiger charge is 2.51. The molecule has 0 bridgehead atoms. The van der Waals surface area contributed by atoms with Gasteiger partial charge in [0, 0.05) is 11.4 Å². The Balaban J connectivity index is 0.832. The molecular weight excluding hydrogens is 1040 g/mol. The van der Waals surface area contributed by atoms with Crippen LogP contribution in [0.2, 0.25) is 0 Å². The summed E-state index contributed by atoms with van der Waals surface area (Å²) in [4.78, 5) is 4.64. The predicted octanol–water partition coefficient (Wildman–Crippen LogP) is 22.3. The Morgan fingerprint density at radius 3 is 1.22 bits per heavy atom. The SMILES string of the molecule is CCCCC(CC)COc1ccc(N2c3ccc(C)cc3Oc3cc(-c4ccc5c(c4)Oc4cc(-c6ccc7c(c6)C6(c8ccccc8-c8ccccc86)c6cc(C)ccc6-7)ccc4N5c4ccc(OCC(CC)CCCC)cc4)ccc32)cc1. The Morgan fingerprint density at radius 2 is 0.753 bits per heavy atom. The van der Waals surface area contributed by atoms with Crippen molar-refractivity contribution in [1.29, 1.82) is 0 Å². The average Bonchev–Trinajstić information content (AvgIpc) is 1.68. The summed E-state index contributed by atoms with van der Waals surface area (Å²) < 4.78 is 26.9. The summed E-state index contributed by atoms with van der Waals surface area (Å²) in [7, 11) is 0. The van der Waals surface area contributed by atoms with E-state index in [1.165, 1.54) is 88.6 Å². The van der Waals surface area contributed by atoms with E-state index in [1.807, 2.05) is 0 Å². The third-order valence-electron chi connectivity index (χ3n) is 18.6. The second kappa shape index (κ2) is 22.5. The largest absolute Gasteiger partial charge is 0.493 e. The van der Waals surface area contributed by atoms with E-state index in [0.29, 0.717) is 11.8 Å². The monoisotopic (exact) mass is 1110 g/mol. The highest BCUT2D eigenvalue weighted by atomic mass is 16.5. The van der Waals surface area contributed by atoms with E-state index >= 15 is 0 Å². The smallest absolute Gasteiger partial charge is 0.152 e. The fourth-order valence-electron chi connectivity index (χ4n) is 13.9. The summed E-state index contributed by atoms with van der Waals surface area (Å²) >= 11 is 0. The summed E-state index contributed by atoms with van der Waals surface area (Å²) in [5.41, 5.74) is 22.7. The molecule has 85 heavy (non-hydrogen) atoms. The second-order valence-corrected chi connectivity index (χ2v) is 24.0. The first-order chi connectivity index (χ1) is 41.7. The van der Waals surface area contributed by atoms with Gasteiger partial charge in [0.1, 0.15) is 11.5 Å². The predicted molar refractivity (Wildman–Crippen MR) is 350 cm³/mol. The minimum Gasteiger partial charge on any atom is -0.493 e. The molecule has 424 valence electrons. The van der Waals surface area contributed by atoms with E-state index in [1.54, 1.807) is 0 Å². The number of nitrogens with zero attached hydrogens (tertiary/aromatic N) is 2. The summed E-state index contributed by atoms with van der Waals surface area (Å²) in [5, 5.41) is 0. The molecule has 0 fully saturated rings. The summed E-state index contributed by atoms with van der Waals surface area (Å²) in [6, 6.07) is 75.7. The van der Waals surface area contributed by atoms with Crippen molar-refractivity contribution in [3.05, 3.63) is 240 Å². The van der Waals surface area contributed by atoms with Crippen LogP contribution in [0.4, 0.5) is 34.1 Å². The van der Waals surface area contributed by atoms with Crippen molar-refractivity contribution < 1.29 is 18.9 Å². The van der Waals surface area contributed by atoms with E-state index in [-0.39, 0.29) is 0 Å². The number of anilines is 6. The van der Waals surface area contributed by atoms with Gasteiger partial charge in [-0.15, -0.1) is 0 Å². The van der Waals surface area contributed by atoms with Crippen LogP contribution in [0, 0.1) is 25.7 Å². The molecular formula is C79H74N2O4. The number of rotatable bonds is 18. The molecule has 4 aliphatic rings. The molecule has 6 nitrogen and oxygen atoms in total. The molecule has 6 heteroatoms. The van der Waals surface area contributed by atoms with Gasteiger partial charge in [-0.2, -0.15) is 0 Å².